The molecule has 1 heterocycles. The summed E-state index contributed by atoms with van der Waals surface area (Å²) in [5.74, 6) is 0.368. The summed E-state index contributed by atoms with van der Waals surface area (Å²) in [6.07, 6.45) is 0. The van der Waals surface area contributed by atoms with Crippen LogP contribution in [-0.4, -0.2) is 16.1 Å². The summed E-state index contributed by atoms with van der Waals surface area (Å²) in [7, 11) is 0. The number of aromatic nitrogens is 2. The molecule has 0 spiro atoms. The summed E-state index contributed by atoms with van der Waals surface area (Å²) >= 11 is 6.17. The number of nitrogens with zero attached hydrogens (tertiary/aromatic N) is 2. The summed E-state index contributed by atoms with van der Waals surface area (Å²) in [5.41, 5.74) is 2.02. The van der Waals surface area contributed by atoms with Gasteiger partial charge in [0, 0.05) is 5.56 Å². The molecule has 0 aliphatic rings. The van der Waals surface area contributed by atoms with E-state index in [4.69, 9.17) is 16.0 Å². The molecule has 6 heteroatoms. The Morgan fingerprint density at radius 3 is 2.21 bits per heavy atom. The Morgan fingerprint density at radius 1 is 0.857 bits per heavy atom. The lowest BCUT2D eigenvalue weighted by Gasteiger charge is -2.16. The largest absolute Gasteiger partial charge is 0.418 e. The van der Waals surface area contributed by atoms with E-state index in [1.54, 1.807) is 24.3 Å². The van der Waals surface area contributed by atoms with Crippen molar-refractivity contribution in [3.05, 3.63) is 107 Å². The van der Waals surface area contributed by atoms with E-state index < -0.39 is 6.04 Å². The Bertz CT molecular complexity index is 1080. The van der Waals surface area contributed by atoms with Crippen molar-refractivity contribution in [2.24, 2.45) is 0 Å². The number of carbonyl (C=O) groups excluding carboxylic acids is 1. The van der Waals surface area contributed by atoms with E-state index in [1.807, 2.05) is 60.7 Å². The van der Waals surface area contributed by atoms with Crippen LogP contribution in [0.4, 0.5) is 0 Å². The SMILES string of the molecule is O=C(NC(c1ccccc1)c1nnc(-c2ccccc2)o1)c1ccccc1Cl. The van der Waals surface area contributed by atoms with Gasteiger partial charge in [-0.15, -0.1) is 10.2 Å². The van der Waals surface area contributed by atoms with Crippen molar-refractivity contribution in [2.75, 3.05) is 0 Å². The van der Waals surface area contributed by atoms with Crippen LogP contribution in [-0.2, 0) is 0 Å². The lowest BCUT2D eigenvalue weighted by Crippen LogP contribution is -2.29. The number of nitrogens with one attached hydrogen (secondary N) is 1. The summed E-state index contributed by atoms with van der Waals surface area (Å²) in [6.45, 7) is 0. The maximum absolute atomic E-state index is 12.8. The maximum Gasteiger partial charge on any atom is 0.253 e. The van der Waals surface area contributed by atoms with Crippen LogP contribution >= 0.6 is 11.6 Å². The fourth-order valence-electron chi connectivity index (χ4n) is 2.84. The third kappa shape index (κ3) is 3.80. The zero-order chi connectivity index (χ0) is 19.3. The molecule has 5 nitrogen and oxygen atoms in total. The monoisotopic (exact) mass is 389 g/mol. The minimum Gasteiger partial charge on any atom is -0.418 e. The van der Waals surface area contributed by atoms with Crippen molar-refractivity contribution in [1.29, 1.82) is 0 Å². The van der Waals surface area contributed by atoms with Crippen LogP contribution in [0.2, 0.25) is 5.02 Å². The molecule has 138 valence electrons. The quantitative estimate of drug-likeness (QED) is 0.526. The number of carbonyl (C=O) groups is 1. The van der Waals surface area contributed by atoms with Gasteiger partial charge in [-0.05, 0) is 29.8 Å². The highest BCUT2D eigenvalue weighted by atomic mass is 35.5. The van der Waals surface area contributed by atoms with Gasteiger partial charge in [0.15, 0.2) is 0 Å². The molecule has 0 aliphatic carbocycles. The van der Waals surface area contributed by atoms with Crippen LogP contribution in [0.5, 0.6) is 0 Å². The van der Waals surface area contributed by atoms with Gasteiger partial charge in [0.1, 0.15) is 6.04 Å². The molecule has 1 aromatic heterocycles. The standard InChI is InChI=1S/C22H16ClN3O2/c23-18-14-8-7-13-17(18)20(27)24-19(15-9-3-1-4-10-15)22-26-25-21(28-22)16-11-5-2-6-12-16/h1-14,19H,(H,24,27). The smallest absolute Gasteiger partial charge is 0.253 e. The van der Waals surface area contributed by atoms with Gasteiger partial charge in [-0.25, -0.2) is 0 Å². The molecule has 1 unspecified atom stereocenters. The van der Waals surface area contributed by atoms with E-state index in [1.165, 1.54) is 0 Å². The van der Waals surface area contributed by atoms with Crippen LogP contribution in [0.25, 0.3) is 11.5 Å². The van der Waals surface area contributed by atoms with Crippen molar-refractivity contribution in [3.8, 4) is 11.5 Å². The molecule has 1 N–H and O–H groups in total. The third-order valence-electron chi connectivity index (χ3n) is 4.24. The second-order valence-corrected chi connectivity index (χ2v) is 6.52. The van der Waals surface area contributed by atoms with Crippen molar-refractivity contribution >= 4 is 17.5 Å². The van der Waals surface area contributed by atoms with E-state index in [0.29, 0.717) is 22.4 Å². The summed E-state index contributed by atoms with van der Waals surface area (Å²) in [4.78, 5) is 12.8. The molecular formula is C22H16ClN3O2. The van der Waals surface area contributed by atoms with Crippen LogP contribution < -0.4 is 5.32 Å². The molecule has 3 aromatic carbocycles. The molecule has 28 heavy (non-hydrogen) atoms. The Hall–Kier alpha value is -3.44. The summed E-state index contributed by atoms with van der Waals surface area (Å²) < 4.78 is 5.88. The minimum atomic E-state index is -0.602. The topological polar surface area (TPSA) is 68.0 Å². The molecule has 0 saturated carbocycles. The van der Waals surface area contributed by atoms with E-state index >= 15 is 0 Å². The van der Waals surface area contributed by atoms with Crippen molar-refractivity contribution in [3.63, 3.8) is 0 Å². The van der Waals surface area contributed by atoms with E-state index in [-0.39, 0.29) is 5.91 Å². The second-order valence-electron chi connectivity index (χ2n) is 6.11. The first-order valence-corrected chi connectivity index (χ1v) is 9.09. The molecule has 0 saturated heterocycles. The Labute approximate surface area is 167 Å². The lowest BCUT2D eigenvalue weighted by atomic mass is 10.1. The van der Waals surface area contributed by atoms with Crippen LogP contribution in [0.3, 0.4) is 0 Å². The average molecular weight is 390 g/mol. The first kappa shape index (κ1) is 17.9. The molecular weight excluding hydrogens is 374 g/mol. The predicted octanol–water partition coefficient (Wildman–Crippen LogP) is 4.91. The minimum absolute atomic E-state index is 0.297. The number of rotatable bonds is 5. The van der Waals surface area contributed by atoms with Crippen LogP contribution in [0.15, 0.2) is 89.3 Å². The Morgan fingerprint density at radius 2 is 1.50 bits per heavy atom. The zero-order valence-corrected chi connectivity index (χ0v) is 15.5. The predicted molar refractivity (Wildman–Crippen MR) is 107 cm³/mol. The molecule has 0 aliphatic heterocycles. The Balaban J connectivity index is 1.68. The molecule has 4 aromatic rings. The molecule has 4 rings (SSSR count). The van der Waals surface area contributed by atoms with Crippen molar-refractivity contribution in [2.45, 2.75) is 6.04 Å². The number of amides is 1. The van der Waals surface area contributed by atoms with E-state index in [2.05, 4.69) is 15.5 Å². The first-order valence-electron chi connectivity index (χ1n) is 8.71. The molecule has 0 fully saturated rings. The number of halogens is 1. The summed E-state index contributed by atoms with van der Waals surface area (Å²) in [5, 5.41) is 11.6. The molecule has 1 amide bonds. The van der Waals surface area contributed by atoms with Gasteiger partial charge < -0.3 is 9.73 Å². The zero-order valence-electron chi connectivity index (χ0n) is 14.7. The highest BCUT2D eigenvalue weighted by molar-refractivity contribution is 6.33. The first-order chi connectivity index (χ1) is 13.7. The van der Waals surface area contributed by atoms with Crippen molar-refractivity contribution in [1.82, 2.24) is 15.5 Å². The Kier molecular flexibility index (Phi) is 5.17. The number of benzene rings is 3. The maximum atomic E-state index is 12.8. The molecule has 0 bridgehead atoms. The fourth-order valence-corrected chi connectivity index (χ4v) is 3.06. The summed E-state index contributed by atoms with van der Waals surface area (Å²) in [6, 6.07) is 25.2. The van der Waals surface area contributed by atoms with Gasteiger partial charge in [0.25, 0.3) is 5.91 Å². The normalized spacial score (nSPS) is 11.8. The van der Waals surface area contributed by atoms with Crippen molar-refractivity contribution < 1.29 is 9.21 Å². The molecule has 0 radical (unpaired) electrons. The molecule has 1 atom stereocenters. The van der Waals surface area contributed by atoms with Crippen LogP contribution in [0, 0.1) is 0 Å². The highest BCUT2D eigenvalue weighted by Gasteiger charge is 2.24. The van der Waals surface area contributed by atoms with Gasteiger partial charge in [-0.2, -0.15) is 0 Å². The number of hydrogen-bond acceptors (Lipinski definition) is 4. The van der Waals surface area contributed by atoms with Gasteiger partial charge in [-0.3, -0.25) is 4.79 Å². The average Bonchev–Trinajstić information content (AvgIpc) is 3.23. The van der Waals surface area contributed by atoms with Gasteiger partial charge in [0.2, 0.25) is 11.8 Å². The second kappa shape index (κ2) is 8.06. The van der Waals surface area contributed by atoms with Gasteiger partial charge in [0.05, 0.1) is 10.6 Å². The van der Waals surface area contributed by atoms with Crippen LogP contribution in [0.1, 0.15) is 27.9 Å². The highest BCUT2D eigenvalue weighted by Crippen LogP contribution is 2.26. The number of hydrogen-bond donors (Lipinski definition) is 1. The van der Waals surface area contributed by atoms with Gasteiger partial charge in [-0.1, -0.05) is 72.3 Å². The lowest BCUT2D eigenvalue weighted by molar-refractivity contribution is 0.0938. The van der Waals surface area contributed by atoms with E-state index in [9.17, 15) is 4.79 Å². The van der Waals surface area contributed by atoms with E-state index in [0.717, 1.165) is 11.1 Å². The fraction of sp³-hybridized carbons (Fsp3) is 0.0455. The van der Waals surface area contributed by atoms with Gasteiger partial charge >= 0.3 is 0 Å². The third-order valence-corrected chi connectivity index (χ3v) is 4.56.